The summed E-state index contributed by atoms with van der Waals surface area (Å²) < 4.78 is 37.3. The van der Waals surface area contributed by atoms with Gasteiger partial charge in [0, 0.05) is 6.54 Å². The minimum absolute atomic E-state index is 0.166. The highest BCUT2D eigenvalue weighted by atomic mass is 19.4. The van der Waals surface area contributed by atoms with Crippen LogP contribution < -0.4 is 5.32 Å². The lowest BCUT2D eigenvalue weighted by Crippen LogP contribution is -2.62. The zero-order chi connectivity index (χ0) is 14.1. The van der Waals surface area contributed by atoms with Gasteiger partial charge in [0.2, 0.25) is 5.91 Å². The summed E-state index contributed by atoms with van der Waals surface area (Å²) in [6, 6.07) is -0.933. The van der Waals surface area contributed by atoms with Crippen molar-refractivity contribution in [1.82, 2.24) is 10.2 Å². The third kappa shape index (κ3) is 3.01. The summed E-state index contributed by atoms with van der Waals surface area (Å²) in [5.74, 6) is -0.657. The maximum atomic E-state index is 12.4. The summed E-state index contributed by atoms with van der Waals surface area (Å²) in [7, 11) is 0. The monoisotopic (exact) mass is 278 g/mol. The van der Waals surface area contributed by atoms with Crippen molar-refractivity contribution in [3.8, 4) is 0 Å². The van der Waals surface area contributed by atoms with Crippen LogP contribution in [0.5, 0.6) is 0 Å². The number of amides is 3. The number of nitrogens with zero attached hydrogens (tertiary/aromatic N) is 1. The summed E-state index contributed by atoms with van der Waals surface area (Å²) in [5.41, 5.74) is -0.824. The summed E-state index contributed by atoms with van der Waals surface area (Å²) in [6.45, 7) is -1.33. The van der Waals surface area contributed by atoms with Crippen LogP contribution in [0, 0.1) is 5.41 Å². The second-order valence-electron chi connectivity index (χ2n) is 5.36. The SMILES string of the molecule is O=C1NCC2(CCCCCC2)C(=O)N1CC(F)(F)F. The van der Waals surface area contributed by atoms with E-state index in [0.717, 1.165) is 25.7 Å². The number of halogens is 3. The van der Waals surface area contributed by atoms with Gasteiger partial charge in [-0.3, -0.25) is 9.69 Å². The largest absolute Gasteiger partial charge is 0.406 e. The lowest BCUT2D eigenvalue weighted by atomic mass is 9.77. The lowest BCUT2D eigenvalue weighted by Gasteiger charge is -2.40. The van der Waals surface area contributed by atoms with E-state index < -0.39 is 30.1 Å². The minimum atomic E-state index is -4.56. The molecular weight excluding hydrogens is 261 g/mol. The van der Waals surface area contributed by atoms with Crippen LogP contribution in [0.15, 0.2) is 0 Å². The summed E-state index contributed by atoms with van der Waals surface area (Å²) in [5, 5.41) is 2.44. The van der Waals surface area contributed by atoms with Crippen LogP contribution >= 0.6 is 0 Å². The highest BCUT2D eigenvalue weighted by molar-refractivity contribution is 6.00. The topological polar surface area (TPSA) is 49.4 Å². The first-order valence-electron chi connectivity index (χ1n) is 6.51. The van der Waals surface area contributed by atoms with Gasteiger partial charge >= 0.3 is 12.2 Å². The summed E-state index contributed by atoms with van der Waals surface area (Å²) >= 11 is 0. The Morgan fingerprint density at radius 2 is 1.68 bits per heavy atom. The second-order valence-corrected chi connectivity index (χ2v) is 5.36. The number of rotatable bonds is 1. The Labute approximate surface area is 109 Å². The van der Waals surface area contributed by atoms with E-state index in [1.165, 1.54) is 0 Å². The highest BCUT2D eigenvalue weighted by Crippen LogP contribution is 2.38. The van der Waals surface area contributed by atoms with E-state index in [4.69, 9.17) is 0 Å². The molecule has 7 heteroatoms. The molecule has 1 saturated carbocycles. The van der Waals surface area contributed by atoms with E-state index in [0.29, 0.717) is 17.7 Å². The zero-order valence-electron chi connectivity index (χ0n) is 10.6. The van der Waals surface area contributed by atoms with Gasteiger partial charge < -0.3 is 5.32 Å². The molecule has 1 spiro atoms. The van der Waals surface area contributed by atoms with Gasteiger partial charge in [0.15, 0.2) is 0 Å². The fourth-order valence-electron chi connectivity index (χ4n) is 2.91. The lowest BCUT2D eigenvalue weighted by molar-refractivity contribution is -0.164. The smallest absolute Gasteiger partial charge is 0.337 e. The van der Waals surface area contributed by atoms with Crippen molar-refractivity contribution in [3.63, 3.8) is 0 Å². The van der Waals surface area contributed by atoms with Crippen LogP contribution in [-0.4, -0.2) is 36.1 Å². The van der Waals surface area contributed by atoms with Crippen molar-refractivity contribution in [3.05, 3.63) is 0 Å². The molecule has 0 unspecified atom stereocenters. The van der Waals surface area contributed by atoms with Gasteiger partial charge in [0.25, 0.3) is 0 Å². The van der Waals surface area contributed by atoms with Gasteiger partial charge in [-0.25, -0.2) is 4.79 Å². The number of imide groups is 1. The first-order valence-corrected chi connectivity index (χ1v) is 6.51. The van der Waals surface area contributed by atoms with Crippen LogP contribution in [0.3, 0.4) is 0 Å². The summed E-state index contributed by atoms with van der Waals surface area (Å²) in [6.07, 6.45) is 0.171. The number of urea groups is 1. The molecule has 1 aliphatic carbocycles. The van der Waals surface area contributed by atoms with Crippen molar-refractivity contribution in [2.45, 2.75) is 44.7 Å². The van der Waals surface area contributed by atoms with Gasteiger partial charge in [-0.2, -0.15) is 13.2 Å². The van der Waals surface area contributed by atoms with Crippen molar-refractivity contribution < 1.29 is 22.8 Å². The first-order chi connectivity index (χ1) is 8.84. The second kappa shape index (κ2) is 5.02. The molecule has 2 aliphatic rings. The Hall–Kier alpha value is -1.27. The molecule has 0 aromatic carbocycles. The quantitative estimate of drug-likeness (QED) is 0.801. The van der Waals surface area contributed by atoms with Crippen molar-refractivity contribution in [1.29, 1.82) is 0 Å². The molecule has 0 atom stereocenters. The maximum Gasteiger partial charge on any atom is 0.406 e. The third-order valence-corrected chi connectivity index (χ3v) is 3.92. The molecule has 4 nitrogen and oxygen atoms in total. The van der Waals surface area contributed by atoms with E-state index in [-0.39, 0.29) is 6.54 Å². The average molecular weight is 278 g/mol. The standard InChI is InChI=1S/C12H17F3N2O2/c13-12(14,15)8-17-9(18)11(7-16-10(17)19)5-3-1-2-4-6-11/h1-8H2,(H,16,19). The molecule has 1 N–H and O–H groups in total. The highest BCUT2D eigenvalue weighted by Gasteiger charge is 2.49. The van der Waals surface area contributed by atoms with E-state index in [1.807, 2.05) is 0 Å². The summed E-state index contributed by atoms with van der Waals surface area (Å²) in [4.78, 5) is 24.1. The number of carbonyl (C=O) groups excluding carboxylic acids is 2. The maximum absolute atomic E-state index is 12.4. The third-order valence-electron chi connectivity index (χ3n) is 3.92. The molecular formula is C12H17F3N2O2. The normalized spacial score (nSPS) is 24.3. The van der Waals surface area contributed by atoms with Crippen LogP contribution in [0.4, 0.5) is 18.0 Å². The number of alkyl halides is 3. The van der Waals surface area contributed by atoms with Gasteiger partial charge in [0.05, 0.1) is 5.41 Å². The molecule has 0 aromatic rings. The fraction of sp³-hybridized carbons (Fsp3) is 0.833. The van der Waals surface area contributed by atoms with Gasteiger partial charge in [-0.1, -0.05) is 25.7 Å². The molecule has 2 rings (SSSR count). The van der Waals surface area contributed by atoms with Crippen LogP contribution in [0.1, 0.15) is 38.5 Å². The van der Waals surface area contributed by atoms with Crippen molar-refractivity contribution in [2.24, 2.45) is 5.41 Å². The predicted molar refractivity (Wildman–Crippen MR) is 61.3 cm³/mol. The van der Waals surface area contributed by atoms with Crippen molar-refractivity contribution in [2.75, 3.05) is 13.1 Å². The van der Waals surface area contributed by atoms with Crippen LogP contribution in [0.25, 0.3) is 0 Å². The minimum Gasteiger partial charge on any atom is -0.337 e. The number of nitrogens with one attached hydrogen (secondary N) is 1. The first kappa shape index (κ1) is 14.1. The molecule has 19 heavy (non-hydrogen) atoms. The molecule has 0 radical (unpaired) electrons. The van der Waals surface area contributed by atoms with Crippen LogP contribution in [-0.2, 0) is 4.79 Å². The fourth-order valence-corrected chi connectivity index (χ4v) is 2.91. The molecule has 1 saturated heterocycles. The Balaban J connectivity index is 2.19. The zero-order valence-corrected chi connectivity index (χ0v) is 10.6. The molecule has 1 heterocycles. The Morgan fingerprint density at radius 3 is 2.21 bits per heavy atom. The molecule has 108 valence electrons. The van der Waals surface area contributed by atoms with Gasteiger partial charge in [-0.15, -0.1) is 0 Å². The number of hydrogen-bond acceptors (Lipinski definition) is 2. The molecule has 0 bridgehead atoms. The van der Waals surface area contributed by atoms with E-state index >= 15 is 0 Å². The molecule has 1 aliphatic heterocycles. The van der Waals surface area contributed by atoms with E-state index in [1.54, 1.807) is 0 Å². The molecule has 2 fully saturated rings. The van der Waals surface area contributed by atoms with E-state index in [9.17, 15) is 22.8 Å². The number of hydrogen-bond donors (Lipinski definition) is 1. The van der Waals surface area contributed by atoms with Gasteiger partial charge in [0.1, 0.15) is 6.54 Å². The molecule has 3 amide bonds. The predicted octanol–water partition coefficient (Wildman–Crippen LogP) is 2.44. The van der Waals surface area contributed by atoms with Crippen molar-refractivity contribution >= 4 is 11.9 Å². The Kier molecular flexibility index (Phi) is 3.73. The van der Waals surface area contributed by atoms with Crippen LogP contribution in [0.2, 0.25) is 0 Å². The Morgan fingerprint density at radius 1 is 1.11 bits per heavy atom. The Bertz CT molecular complexity index is 374. The molecule has 0 aromatic heterocycles. The van der Waals surface area contributed by atoms with Gasteiger partial charge in [-0.05, 0) is 12.8 Å². The number of carbonyl (C=O) groups is 2. The average Bonchev–Trinajstić information content (AvgIpc) is 2.56. The van der Waals surface area contributed by atoms with E-state index in [2.05, 4.69) is 5.32 Å².